The number of rotatable bonds is 5. The van der Waals surface area contributed by atoms with Crippen LogP contribution < -0.4 is 0 Å². The molecule has 2 saturated carbocycles. The molecular formula is C28H34O7. The summed E-state index contributed by atoms with van der Waals surface area (Å²) in [6, 6.07) is 1.99. The van der Waals surface area contributed by atoms with E-state index in [1.165, 1.54) is 14.0 Å². The van der Waals surface area contributed by atoms with Crippen molar-refractivity contribution in [2.24, 2.45) is 28.6 Å². The zero-order chi connectivity index (χ0) is 25.3. The highest BCUT2D eigenvalue weighted by Gasteiger charge is 2.79. The maximum absolute atomic E-state index is 12.9. The third-order valence-electron chi connectivity index (χ3n) is 9.49. The summed E-state index contributed by atoms with van der Waals surface area (Å²) in [4.78, 5) is 37.6. The maximum Gasteiger partial charge on any atom is 0.305 e. The lowest BCUT2D eigenvalue weighted by molar-refractivity contribution is -0.159. The van der Waals surface area contributed by atoms with Gasteiger partial charge in [-0.15, -0.1) is 0 Å². The fourth-order valence-corrected chi connectivity index (χ4v) is 7.62. The van der Waals surface area contributed by atoms with Crippen molar-refractivity contribution in [1.82, 2.24) is 0 Å². The first-order valence-corrected chi connectivity index (χ1v) is 12.3. The molecule has 5 rings (SSSR count). The smallest absolute Gasteiger partial charge is 0.305 e. The molecule has 35 heavy (non-hydrogen) atoms. The van der Waals surface area contributed by atoms with Crippen molar-refractivity contribution in [2.75, 3.05) is 7.11 Å². The minimum Gasteiger partial charge on any atom is -0.472 e. The molecule has 0 bridgehead atoms. The molecular weight excluding hydrogens is 448 g/mol. The van der Waals surface area contributed by atoms with E-state index in [1.807, 2.05) is 26.0 Å². The molecule has 0 amide bonds. The number of ether oxygens (including phenoxy) is 3. The first-order chi connectivity index (χ1) is 16.5. The van der Waals surface area contributed by atoms with Crippen LogP contribution in [0.5, 0.6) is 0 Å². The molecule has 188 valence electrons. The summed E-state index contributed by atoms with van der Waals surface area (Å²) in [6.45, 7) is 11.9. The third-order valence-corrected chi connectivity index (χ3v) is 9.49. The van der Waals surface area contributed by atoms with Crippen molar-refractivity contribution in [3.63, 3.8) is 0 Å². The molecule has 2 heterocycles. The zero-order valence-electron chi connectivity index (χ0n) is 21.0. The van der Waals surface area contributed by atoms with Crippen LogP contribution in [0.15, 0.2) is 47.3 Å². The van der Waals surface area contributed by atoms with E-state index in [0.29, 0.717) is 6.42 Å². The Hall–Kier alpha value is -2.67. The highest BCUT2D eigenvalue weighted by Crippen LogP contribution is 2.75. The quantitative estimate of drug-likeness (QED) is 0.349. The van der Waals surface area contributed by atoms with Gasteiger partial charge in [-0.25, -0.2) is 0 Å². The Morgan fingerprint density at radius 2 is 2.00 bits per heavy atom. The van der Waals surface area contributed by atoms with Crippen LogP contribution in [0.25, 0.3) is 0 Å². The topological polar surface area (TPSA) is 95.3 Å². The molecule has 7 nitrogen and oxygen atoms in total. The minimum absolute atomic E-state index is 0.0296. The van der Waals surface area contributed by atoms with Crippen molar-refractivity contribution in [3.8, 4) is 0 Å². The molecule has 1 saturated heterocycles. The van der Waals surface area contributed by atoms with Gasteiger partial charge in [0.15, 0.2) is 5.78 Å². The van der Waals surface area contributed by atoms with E-state index >= 15 is 0 Å². The van der Waals surface area contributed by atoms with Crippen LogP contribution in [-0.2, 0) is 28.6 Å². The largest absolute Gasteiger partial charge is 0.472 e. The summed E-state index contributed by atoms with van der Waals surface area (Å²) < 4.78 is 22.8. The molecule has 1 aromatic rings. The van der Waals surface area contributed by atoms with E-state index in [1.54, 1.807) is 18.6 Å². The van der Waals surface area contributed by atoms with Gasteiger partial charge in [-0.2, -0.15) is 0 Å². The van der Waals surface area contributed by atoms with Crippen LogP contribution in [0.2, 0.25) is 0 Å². The predicted octanol–water partition coefficient (Wildman–Crippen LogP) is 4.38. The Bertz CT molecular complexity index is 1100. The highest BCUT2D eigenvalue weighted by atomic mass is 16.6. The number of carbonyl (C=O) groups excluding carboxylic acids is 3. The summed E-state index contributed by atoms with van der Waals surface area (Å²) in [7, 11) is 1.35. The van der Waals surface area contributed by atoms with Crippen molar-refractivity contribution in [3.05, 3.63) is 48.5 Å². The lowest BCUT2D eigenvalue weighted by Gasteiger charge is -2.53. The van der Waals surface area contributed by atoms with Crippen LogP contribution in [0.4, 0.5) is 0 Å². The van der Waals surface area contributed by atoms with Gasteiger partial charge in [0.05, 0.1) is 25.7 Å². The van der Waals surface area contributed by atoms with Crippen molar-refractivity contribution >= 4 is 17.7 Å². The summed E-state index contributed by atoms with van der Waals surface area (Å²) in [5, 5.41) is 0. The van der Waals surface area contributed by atoms with Crippen molar-refractivity contribution in [2.45, 2.75) is 70.7 Å². The number of allylic oxidation sites excluding steroid dienone is 2. The second-order valence-electron chi connectivity index (χ2n) is 11.4. The number of furan rings is 1. The lowest BCUT2D eigenvalue weighted by atomic mass is 9.52. The number of esters is 2. The molecule has 1 aliphatic heterocycles. The molecule has 1 spiro atoms. The third kappa shape index (κ3) is 3.30. The predicted molar refractivity (Wildman–Crippen MR) is 126 cm³/mol. The van der Waals surface area contributed by atoms with Gasteiger partial charge in [-0.1, -0.05) is 33.4 Å². The summed E-state index contributed by atoms with van der Waals surface area (Å²) in [5.74, 6) is -1.45. The van der Waals surface area contributed by atoms with E-state index in [4.69, 9.17) is 18.6 Å². The van der Waals surface area contributed by atoms with Gasteiger partial charge in [0.2, 0.25) is 0 Å². The van der Waals surface area contributed by atoms with Crippen LogP contribution in [-0.4, -0.2) is 42.6 Å². The van der Waals surface area contributed by atoms with Crippen LogP contribution >= 0.6 is 0 Å². The van der Waals surface area contributed by atoms with Gasteiger partial charge < -0.3 is 18.6 Å². The Morgan fingerprint density at radius 1 is 1.26 bits per heavy atom. The molecule has 7 heteroatoms. The van der Waals surface area contributed by atoms with Gasteiger partial charge in [0, 0.05) is 30.1 Å². The molecule has 0 aromatic carbocycles. The fraction of sp³-hybridized carbons (Fsp3) is 0.607. The molecule has 1 aromatic heterocycles. The number of hydrogen-bond donors (Lipinski definition) is 0. The molecule has 0 radical (unpaired) electrons. The average molecular weight is 483 g/mol. The second kappa shape index (κ2) is 7.92. The number of ketones is 1. The van der Waals surface area contributed by atoms with Gasteiger partial charge in [0.25, 0.3) is 0 Å². The molecule has 3 fully saturated rings. The number of epoxide rings is 1. The van der Waals surface area contributed by atoms with E-state index < -0.39 is 17.1 Å². The highest BCUT2D eigenvalue weighted by molar-refractivity contribution is 5.96. The van der Waals surface area contributed by atoms with Crippen molar-refractivity contribution in [1.29, 1.82) is 0 Å². The Morgan fingerprint density at radius 3 is 2.63 bits per heavy atom. The number of hydrogen-bond acceptors (Lipinski definition) is 7. The fourth-order valence-electron chi connectivity index (χ4n) is 7.62. The van der Waals surface area contributed by atoms with Gasteiger partial charge in [-0.3, -0.25) is 14.4 Å². The average Bonchev–Trinajstić information content (AvgIpc) is 3.14. The summed E-state index contributed by atoms with van der Waals surface area (Å²) >= 11 is 0. The first-order valence-electron chi connectivity index (χ1n) is 12.3. The van der Waals surface area contributed by atoms with E-state index in [2.05, 4.69) is 13.5 Å². The van der Waals surface area contributed by atoms with E-state index in [-0.39, 0.29) is 59.3 Å². The summed E-state index contributed by atoms with van der Waals surface area (Å²) in [5.41, 5.74) is 0.348. The molecule has 8 atom stereocenters. The Kier molecular flexibility index (Phi) is 5.44. The van der Waals surface area contributed by atoms with Crippen LogP contribution in [0.3, 0.4) is 0 Å². The zero-order valence-corrected chi connectivity index (χ0v) is 21.0. The number of methoxy groups -OCH3 is 1. The van der Waals surface area contributed by atoms with Gasteiger partial charge in [-0.05, 0) is 53.9 Å². The Labute approximate surface area is 205 Å². The number of carbonyl (C=O) groups is 3. The normalized spacial score (nSPS) is 41.2. The minimum atomic E-state index is -0.786. The molecule has 3 aliphatic carbocycles. The molecule has 4 aliphatic rings. The SMILES string of the molecule is C=C1[C@@H](C2C=CC(=O)C(C)(C)[C@@H]2CC(=O)OC)[C@H](OC(C)=O)C[C@@]2(C)[C@H](c3ccoc3)C[C@@H]3O[C@]132. The van der Waals surface area contributed by atoms with Crippen LogP contribution in [0.1, 0.15) is 58.4 Å². The lowest BCUT2D eigenvalue weighted by Crippen LogP contribution is -2.55. The van der Waals surface area contributed by atoms with Crippen molar-refractivity contribution < 1.29 is 33.0 Å². The monoisotopic (exact) mass is 482 g/mol. The molecule has 0 N–H and O–H groups in total. The maximum atomic E-state index is 12.9. The van der Waals surface area contributed by atoms with Crippen LogP contribution in [0, 0.1) is 28.6 Å². The van der Waals surface area contributed by atoms with E-state index in [0.717, 1.165) is 17.6 Å². The Balaban J connectivity index is 1.58. The molecule has 1 unspecified atom stereocenters. The van der Waals surface area contributed by atoms with E-state index in [9.17, 15) is 14.4 Å². The standard InChI is InChI=1S/C28H34O7/c1-15-25(18-7-8-22(30)26(3,4)20(18)12-24(31)32-6)21(34-16(2)29)13-27(5)19(17-9-10-33-14-17)11-23-28(15,27)35-23/h7-10,14,18-21,23,25H,1,11-13H2,2-6H3/t18?,19-,20+,21+,23-,25-,27-,28+/m0/s1. The second-order valence-corrected chi connectivity index (χ2v) is 11.4. The first kappa shape index (κ1) is 24.0. The van der Waals surface area contributed by atoms with Gasteiger partial charge in [0.1, 0.15) is 11.7 Å². The summed E-state index contributed by atoms with van der Waals surface area (Å²) in [6.07, 6.45) is 8.04. The van der Waals surface area contributed by atoms with Gasteiger partial charge >= 0.3 is 11.9 Å².